The van der Waals surface area contributed by atoms with Crippen LogP contribution in [0.2, 0.25) is 0 Å². The summed E-state index contributed by atoms with van der Waals surface area (Å²) in [5.41, 5.74) is 4.19. The van der Waals surface area contributed by atoms with Gasteiger partial charge < -0.3 is 4.90 Å². The molecule has 0 spiro atoms. The Bertz CT molecular complexity index is 538. The van der Waals surface area contributed by atoms with Crippen molar-refractivity contribution in [3.8, 4) is 6.07 Å². The van der Waals surface area contributed by atoms with E-state index in [2.05, 4.69) is 33.9 Å². The zero-order valence-corrected chi connectivity index (χ0v) is 10.8. The number of thiophene rings is 1. The molecule has 0 N–H and O–H groups in total. The van der Waals surface area contributed by atoms with Gasteiger partial charge in [-0.05, 0) is 47.0 Å². The number of hydrogen-bond donors (Lipinski definition) is 0. The van der Waals surface area contributed by atoms with E-state index < -0.39 is 0 Å². The van der Waals surface area contributed by atoms with E-state index in [4.69, 9.17) is 5.26 Å². The fourth-order valence-corrected chi connectivity index (χ4v) is 2.45. The second kappa shape index (κ2) is 5.03. The summed E-state index contributed by atoms with van der Waals surface area (Å²) in [4.78, 5) is 2.12. The Balaban J connectivity index is 2.27. The van der Waals surface area contributed by atoms with Gasteiger partial charge in [-0.3, -0.25) is 0 Å². The van der Waals surface area contributed by atoms with E-state index in [0.29, 0.717) is 0 Å². The van der Waals surface area contributed by atoms with Gasteiger partial charge in [-0.15, -0.1) is 0 Å². The molecule has 0 saturated heterocycles. The van der Waals surface area contributed by atoms with E-state index in [1.54, 1.807) is 11.3 Å². The largest absolute Gasteiger partial charge is 0.369 e. The lowest BCUT2D eigenvalue weighted by Gasteiger charge is -2.20. The minimum absolute atomic E-state index is 0.730. The molecule has 1 aromatic carbocycles. The van der Waals surface area contributed by atoms with E-state index in [0.717, 1.165) is 17.8 Å². The van der Waals surface area contributed by atoms with Crippen molar-refractivity contribution in [3.05, 3.63) is 51.7 Å². The molecule has 0 saturated carbocycles. The van der Waals surface area contributed by atoms with Gasteiger partial charge in [0.25, 0.3) is 0 Å². The average molecular weight is 242 g/mol. The number of aryl methyl sites for hydroxylation is 1. The fourth-order valence-electron chi connectivity index (χ4n) is 1.79. The zero-order valence-electron chi connectivity index (χ0n) is 9.97. The summed E-state index contributed by atoms with van der Waals surface area (Å²) in [7, 11) is 2.02. The van der Waals surface area contributed by atoms with Gasteiger partial charge in [-0.25, -0.2) is 0 Å². The minimum atomic E-state index is 0.730. The standard InChI is InChI=1S/C14H14N2S/c1-11-3-4-13(8-15)14(7-11)16(2)9-12-5-6-17-10-12/h3-7,10H,9H2,1-2H3. The third-order valence-electron chi connectivity index (χ3n) is 2.68. The van der Waals surface area contributed by atoms with Crippen LogP contribution in [0.15, 0.2) is 35.0 Å². The van der Waals surface area contributed by atoms with Crippen molar-refractivity contribution in [1.82, 2.24) is 0 Å². The number of anilines is 1. The third kappa shape index (κ3) is 2.66. The Morgan fingerprint density at radius 3 is 2.82 bits per heavy atom. The Morgan fingerprint density at radius 1 is 1.35 bits per heavy atom. The topological polar surface area (TPSA) is 27.0 Å². The van der Waals surface area contributed by atoms with Crippen molar-refractivity contribution in [1.29, 1.82) is 5.26 Å². The highest BCUT2D eigenvalue weighted by Gasteiger charge is 2.08. The Labute approximate surface area is 106 Å². The van der Waals surface area contributed by atoms with Crippen LogP contribution in [0.25, 0.3) is 0 Å². The van der Waals surface area contributed by atoms with Gasteiger partial charge in [0.2, 0.25) is 0 Å². The summed E-state index contributed by atoms with van der Waals surface area (Å²) in [6, 6.07) is 10.3. The van der Waals surface area contributed by atoms with Crippen LogP contribution >= 0.6 is 11.3 Å². The second-order valence-corrected chi connectivity index (χ2v) is 4.90. The molecule has 0 bridgehead atoms. The summed E-state index contributed by atoms with van der Waals surface area (Å²) in [6.07, 6.45) is 0. The highest BCUT2D eigenvalue weighted by Crippen LogP contribution is 2.22. The molecular weight excluding hydrogens is 228 g/mol. The van der Waals surface area contributed by atoms with Gasteiger partial charge >= 0.3 is 0 Å². The van der Waals surface area contributed by atoms with Crippen LogP contribution in [0.5, 0.6) is 0 Å². The molecule has 0 aliphatic rings. The lowest BCUT2D eigenvalue weighted by atomic mass is 10.1. The van der Waals surface area contributed by atoms with Crippen LogP contribution in [0.4, 0.5) is 5.69 Å². The fraction of sp³-hybridized carbons (Fsp3) is 0.214. The summed E-state index contributed by atoms with van der Waals surface area (Å²) >= 11 is 1.70. The lowest BCUT2D eigenvalue weighted by molar-refractivity contribution is 0.924. The number of nitriles is 1. The van der Waals surface area contributed by atoms with Crippen LogP contribution in [0.1, 0.15) is 16.7 Å². The van der Waals surface area contributed by atoms with Gasteiger partial charge in [-0.1, -0.05) is 6.07 Å². The SMILES string of the molecule is Cc1ccc(C#N)c(N(C)Cc2ccsc2)c1. The molecule has 86 valence electrons. The van der Waals surface area contributed by atoms with Crippen molar-refractivity contribution in [2.75, 3.05) is 11.9 Å². The van der Waals surface area contributed by atoms with E-state index in [-0.39, 0.29) is 0 Å². The molecule has 2 nitrogen and oxygen atoms in total. The van der Waals surface area contributed by atoms with Gasteiger partial charge in [0.15, 0.2) is 0 Å². The molecule has 0 amide bonds. The monoisotopic (exact) mass is 242 g/mol. The maximum Gasteiger partial charge on any atom is 0.101 e. The van der Waals surface area contributed by atoms with Crippen LogP contribution in [0, 0.1) is 18.3 Å². The Kier molecular flexibility index (Phi) is 3.46. The molecule has 0 fully saturated rings. The molecular formula is C14H14N2S. The molecule has 1 aromatic heterocycles. The number of benzene rings is 1. The van der Waals surface area contributed by atoms with Crippen molar-refractivity contribution < 1.29 is 0 Å². The highest BCUT2D eigenvalue weighted by atomic mass is 32.1. The Morgan fingerprint density at radius 2 is 2.18 bits per heavy atom. The first-order valence-corrected chi connectivity index (χ1v) is 6.38. The first-order valence-electron chi connectivity index (χ1n) is 5.43. The lowest BCUT2D eigenvalue weighted by Crippen LogP contribution is -2.17. The predicted octanol–water partition coefficient (Wildman–Crippen LogP) is 3.56. The van der Waals surface area contributed by atoms with Crippen molar-refractivity contribution in [3.63, 3.8) is 0 Å². The third-order valence-corrected chi connectivity index (χ3v) is 3.42. The summed E-state index contributed by atoms with van der Waals surface area (Å²) < 4.78 is 0. The maximum atomic E-state index is 9.11. The first kappa shape index (κ1) is 11.7. The summed E-state index contributed by atoms with van der Waals surface area (Å²) in [6.45, 7) is 2.88. The van der Waals surface area contributed by atoms with Gasteiger partial charge in [0.1, 0.15) is 6.07 Å². The van der Waals surface area contributed by atoms with Crippen LogP contribution < -0.4 is 4.90 Å². The molecule has 2 aromatic rings. The summed E-state index contributed by atoms with van der Waals surface area (Å²) in [5, 5.41) is 13.3. The maximum absolute atomic E-state index is 9.11. The normalized spacial score (nSPS) is 9.94. The van der Waals surface area contributed by atoms with Crippen molar-refractivity contribution in [2.45, 2.75) is 13.5 Å². The number of nitrogens with zero attached hydrogens (tertiary/aromatic N) is 2. The number of hydrogen-bond acceptors (Lipinski definition) is 3. The first-order chi connectivity index (χ1) is 8.20. The van der Waals surface area contributed by atoms with Crippen LogP contribution in [-0.2, 0) is 6.54 Å². The minimum Gasteiger partial charge on any atom is -0.369 e. The van der Waals surface area contributed by atoms with Crippen LogP contribution in [0.3, 0.4) is 0 Å². The number of rotatable bonds is 3. The highest BCUT2D eigenvalue weighted by molar-refractivity contribution is 7.07. The van der Waals surface area contributed by atoms with Crippen LogP contribution in [-0.4, -0.2) is 7.05 Å². The van der Waals surface area contributed by atoms with E-state index in [1.807, 2.05) is 26.1 Å². The van der Waals surface area contributed by atoms with E-state index in [9.17, 15) is 0 Å². The molecule has 0 unspecified atom stereocenters. The van der Waals surface area contributed by atoms with E-state index >= 15 is 0 Å². The van der Waals surface area contributed by atoms with Gasteiger partial charge in [0, 0.05) is 13.6 Å². The molecule has 17 heavy (non-hydrogen) atoms. The van der Waals surface area contributed by atoms with Gasteiger partial charge in [-0.2, -0.15) is 16.6 Å². The molecule has 1 heterocycles. The molecule has 0 aliphatic heterocycles. The Hall–Kier alpha value is -1.79. The van der Waals surface area contributed by atoms with E-state index in [1.165, 1.54) is 11.1 Å². The quantitative estimate of drug-likeness (QED) is 0.822. The molecule has 0 aliphatic carbocycles. The van der Waals surface area contributed by atoms with Crippen molar-refractivity contribution in [2.24, 2.45) is 0 Å². The smallest absolute Gasteiger partial charge is 0.101 e. The van der Waals surface area contributed by atoms with Gasteiger partial charge in [0.05, 0.1) is 11.3 Å². The summed E-state index contributed by atoms with van der Waals surface area (Å²) in [5.74, 6) is 0. The molecule has 2 rings (SSSR count). The zero-order chi connectivity index (χ0) is 12.3. The molecule has 0 atom stereocenters. The molecule has 3 heteroatoms. The molecule has 0 radical (unpaired) electrons. The van der Waals surface area contributed by atoms with Crippen molar-refractivity contribution >= 4 is 17.0 Å². The predicted molar refractivity (Wildman–Crippen MR) is 72.3 cm³/mol. The average Bonchev–Trinajstić information content (AvgIpc) is 2.81. The second-order valence-electron chi connectivity index (χ2n) is 4.12.